The van der Waals surface area contributed by atoms with Crippen LogP contribution in [0.1, 0.15) is 22.7 Å². The monoisotopic (exact) mass is 268 g/mol. The van der Waals surface area contributed by atoms with Crippen molar-refractivity contribution in [2.24, 2.45) is 0 Å². The molecule has 0 aliphatic heterocycles. The lowest BCUT2D eigenvalue weighted by Gasteiger charge is -2.15. The quantitative estimate of drug-likeness (QED) is 0.739. The Kier molecular flexibility index (Phi) is 3.22. The van der Waals surface area contributed by atoms with Gasteiger partial charge >= 0.3 is 0 Å². The van der Waals surface area contributed by atoms with Gasteiger partial charge in [-0.2, -0.15) is 0 Å². The molecule has 0 aliphatic carbocycles. The van der Waals surface area contributed by atoms with Crippen LogP contribution in [0, 0.1) is 6.92 Å². The summed E-state index contributed by atoms with van der Waals surface area (Å²) in [6, 6.07) is 15.0. The minimum absolute atomic E-state index is 0.310. The summed E-state index contributed by atoms with van der Waals surface area (Å²) >= 11 is 1.84. The number of anilines is 1. The first kappa shape index (κ1) is 12.2. The number of aromatic nitrogens is 1. The lowest BCUT2D eigenvalue weighted by atomic mass is 10.1. The molecule has 19 heavy (non-hydrogen) atoms. The van der Waals surface area contributed by atoms with Crippen LogP contribution in [0.2, 0.25) is 0 Å². The number of rotatable bonds is 3. The van der Waals surface area contributed by atoms with Crippen molar-refractivity contribution >= 4 is 27.9 Å². The van der Waals surface area contributed by atoms with Crippen LogP contribution in [0.3, 0.4) is 0 Å². The second-order valence-corrected chi connectivity index (χ2v) is 6.01. The average molecular weight is 268 g/mol. The molecule has 2 heterocycles. The van der Waals surface area contributed by atoms with Gasteiger partial charge in [-0.15, -0.1) is 11.3 Å². The van der Waals surface area contributed by atoms with Gasteiger partial charge in [0, 0.05) is 27.0 Å². The van der Waals surface area contributed by atoms with Gasteiger partial charge in [0.2, 0.25) is 0 Å². The highest BCUT2D eigenvalue weighted by atomic mass is 32.1. The Morgan fingerprint density at radius 2 is 2.00 bits per heavy atom. The third-order valence-electron chi connectivity index (χ3n) is 3.21. The van der Waals surface area contributed by atoms with Crippen molar-refractivity contribution in [2.75, 3.05) is 5.32 Å². The van der Waals surface area contributed by atoms with E-state index in [4.69, 9.17) is 0 Å². The van der Waals surface area contributed by atoms with E-state index in [1.54, 1.807) is 0 Å². The first-order valence-electron chi connectivity index (χ1n) is 6.40. The zero-order valence-corrected chi connectivity index (χ0v) is 11.9. The predicted octanol–water partition coefficient (Wildman–Crippen LogP) is 4.78. The van der Waals surface area contributed by atoms with Crippen LogP contribution in [0.5, 0.6) is 0 Å². The topological polar surface area (TPSA) is 24.9 Å². The maximum atomic E-state index is 4.39. The minimum atomic E-state index is 0.310. The standard InChI is InChI=1S/C16H16N2S/c1-11-8-9-16(19-11)12(2)18-15-7-3-6-14-13(15)5-4-10-17-14/h3-10,12,18H,1-2H3. The third kappa shape index (κ3) is 2.47. The van der Waals surface area contributed by atoms with E-state index < -0.39 is 0 Å². The van der Waals surface area contributed by atoms with Crippen molar-refractivity contribution in [2.45, 2.75) is 19.9 Å². The van der Waals surface area contributed by atoms with E-state index in [0.717, 1.165) is 11.2 Å². The van der Waals surface area contributed by atoms with E-state index in [1.807, 2.05) is 35.7 Å². The number of nitrogens with one attached hydrogen (secondary N) is 1. The van der Waals surface area contributed by atoms with Crippen LogP contribution >= 0.6 is 11.3 Å². The number of hydrogen-bond acceptors (Lipinski definition) is 3. The second kappa shape index (κ2) is 5.02. The molecular weight excluding hydrogens is 252 g/mol. The zero-order chi connectivity index (χ0) is 13.2. The van der Waals surface area contributed by atoms with Gasteiger partial charge in [-0.25, -0.2) is 0 Å². The van der Waals surface area contributed by atoms with Gasteiger partial charge in [0.05, 0.1) is 11.6 Å². The van der Waals surface area contributed by atoms with Gasteiger partial charge in [0.15, 0.2) is 0 Å². The highest BCUT2D eigenvalue weighted by Crippen LogP contribution is 2.29. The summed E-state index contributed by atoms with van der Waals surface area (Å²) in [6.45, 7) is 4.34. The fourth-order valence-electron chi connectivity index (χ4n) is 2.22. The molecule has 0 radical (unpaired) electrons. The number of thiophene rings is 1. The zero-order valence-electron chi connectivity index (χ0n) is 11.1. The molecule has 1 N–H and O–H groups in total. The van der Waals surface area contributed by atoms with Crippen molar-refractivity contribution in [3.63, 3.8) is 0 Å². The number of benzene rings is 1. The van der Waals surface area contributed by atoms with Gasteiger partial charge in [-0.3, -0.25) is 4.98 Å². The van der Waals surface area contributed by atoms with Gasteiger partial charge in [-0.05, 0) is 50.2 Å². The molecule has 2 aromatic heterocycles. The summed E-state index contributed by atoms with van der Waals surface area (Å²) < 4.78 is 0. The molecular formula is C16H16N2S. The summed E-state index contributed by atoms with van der Waals surface area (Å²) in [5.41, 5.74) is 2.17. The molecule has 0 saturated heterocycles. The van der Waals surface area contributed by atoms with Crippen molar-refractivity contribution in [3.8, 4) is 0 Å². The summed E-state index contributed by atoms with van der Waals surface area (Å²) in [6.07, 6.45) is 1.83. The molecule has 1 atom stereocenters. The lowest BCUT2D eigenvalue weighted by molar-refractivity contribution is 0.910. The number of pyridine rings is 1. The van der Waals surface area contributed by atoms with E-state index in [0.29, 0.717) is 6.04 Å². The Bertz CT molecular complexity index is 697. The lowest BCUT2D eigenvalue weighted by Crippen LogP contribution is -2.05. The normalized spacial score (nSPS) is 12.5. The van der Waals surface area contributed by atoms with Crippen molar-refractivity contribution in [3.05, 3.63) is 58.4 Å². The molecule has 3 heteroatoms. The molecule has 0 aliphatic rings. The van der Waals surface area contributed by atoms with Crippen LogP contribution in [0.25, 0.3) is 10.9 Å². The van der Waals surface area contributed by atoms with E-state index in [-0.39, 0.29) is 0 Å². The average Bonchev–Trinajstić information content (AvgIpc) is 2.86. The summed E-state index contributed by atoms with van der Waals surface area (Å²) in [5, 5.41) is 4.76. The molecule has 0 fully saturated rings. The van der Waals surface area contributed by atoms with E-state index in [1.165, 1.54) is 15.1 Å². The molecule has 0 amide bonds. The maximum Gasteiger partial charge on any atom is 0.0722 e. The maximum absolute atomic E-state index is 4.39. The fraction of sp³-hybridized carbons (Fsp3) is 0.188. The third-order valence-corrected chi connectivity index (χ3v) is 4.39. The summed E-state index contributed by atoms with van der Waals surface area (Å²) in [7, 11) is 0. The Hall–Kier alpha value is -1.87. The van der Waals surface area contributed by atoms with Gasteiger partial charge in [0.1, 0.15) is 0 Å². The predicted molar refractivity (Wildman–Crippen MR) is 82.8 cm³/mol. The molecule has 0 bridgehead atoms. The second-order valence-electron chi connectivity index (χ2n) is 4.69. The number of fused-ring (bicyclic) bond motifs is 1. The van der Waals surface area contributed by atoms with Crippen LogP contribution in [0.4, 0.5) is 5.69 Å². The summed E-state index contributed by atoms with van der Waals surface area (Å²) in [4.78, 5) is 7.10. The smallest absolute Gasteiger partial charge is 0.0722 e. The molecule has 1 aromatic carbocycles. The fourth-order valence-corrected chi connectivity index (χ4v) is 3.10. The molecule has 0 saturated carbocycles. The van der Waals surface area contributed by atoms with Gasteiger partial charge in [-0.1, -0.05) is 6.07 Å². The SMILES string of the molecule is Cc1ccc(C(C)Nc2cccc3ncccc23)s1. The minimum Gasteiger partial charge on any atom is -0.377 e. The van der Waals surface area contributed by atoms with Crippen LogP contribution in [-0.2, 0) is 0 Å². The first-order valence-corrected chi connectivity index (χ1v) is 7.22. The molecule has 2 nitrogen and oxygen atoms in total. The van der Waals surface area contributed by atoms with Crippen LogP contribution in [-0.4, -0.2) is 4.98 Å². The van der Waals surface area contributed by atoms with Gasteiger partial charge < -0.3 is 5.32 Å². The van der Waals surface area contributed by atoms with E-state index >= 15 is 0 Å². The number of aryl methyl sites for hydroxylation is 1. The van der Waals surface area contributed by atoms with E-state index in [9.17, 15) is 0 Å². The largest absolute Gasteiger partial charge is 0.377 e. The summed E-state index contributed by atoms with van der Waals surface area (Å²) in [5.74, 6) is 0. The van der Waals surface area contributed by atoms with Crippen molar-refractivity contribution < 1.29 is 0 Å². The Morgan fingerprint density at radius 1 is 1.11 bits per heavy atom. The molecule has 1 unspecified atom stereocenters. The molecule has 3 aromatic rings. The number of nitrogens with zero attached hydrogens (tertiary/aromatic N) is 1. The molecule has 0 spiro atoms. The van der Waals surface area contributed by atoms with Crippen molar-refractivity contribution in [1.82, 2.24) is 4.98 Å². The van der Waals surface area contributed by atoms with Gasteiger partial charge in [0.25, 0.3) is 0 Å². The Morgan fingerprint density at radius 3 is 2.79 bits per heavy atom. The Balaban J connectivity index is 1.93. The van der Waals surface area contributed by atoms with E-state index in [2.05, 4.69) is 48.4 Å². The molecule has 96 valence electrons. The number of hydrogen-bond donors (Lipinski definition) is 1. The Labute approximate surface area is 117 Å². The van der Waals surface area contributed by atoms with Crippen molar-refractivity contribution in [1.29, 1.82) is 0 Å². The highest BCUT2D eigenvalue weighted by molar-refractivity contribution is 7.12. The van der Waals surface area contributed by atoms with Crippen LogP contribution < -0.4 is 5.32 Å². The highest BCUT2D eigenvalue weighted by Gasteiger charge is 2.09. The first-order chi connectivity index (χ1) is 9.24. The van der Waals surface area contributed by atoms with Crippen LogP contribution in [0.15, 0.2) is 48.7 Å². The molecule has 3 rings (SSSR count).